The number of aliphatic imine (C=N–C) groups is 1. The smallest absolute Gasteiger partial charge is 0.422 e. The van der Waals surface area contributed by atoms with Crippen LogP contribution in [0.4, 0.5) is 22.4 Å². The number of benzene rings is 2. The van der Waals surface area contributed by atoms with Crippen molar-refractivity contribution in [2.75, 3.05) is 20.8 Å². The molecule has 0 spiro atoms. The molecule has 10 nitrogen and oxygen atoms in total. The number of imide groups is 1. The standard InChI is InChI=1S/C24H20F4N4O6/c1-37-15-8-7-12(11-16(15)38-2)9-10-32-18-17(20(34)30-22(32)36)23(21(35)29-18,24(26,27)28)31-19(33)13-5-3-4-6-14(13)25/h3-8,11,17H,9-10H2,1-2H3,(H,31,33)(H,30,34,36). The van der Waals surface area contributed by atoms with Crippen LogP contribution in [0.2, 0.25) is 0 Å². The van der Waals surface area contributed by atoms with E-state index in [1.165, 1.54) is 31.7 Å². The average Bonchev–Trinajstić information content (AvgIpc) is 3.16. The van der Waals surface area contributed by atoms with Crippen molar-refractivity contribution in [2.24, 2.45) is 10.9 Å². The number of carbonyl (C=O) groups excluding carboxylic acids is 4. The second-order valence-electron chi connectivity index (χ2n) is 8.33. The summed E-state index contributed by atoms with van der Waals surface area (Å²) in [6.07, 6.45) is -5.49. The maximum absolute atomic E-state index is 14.5. The predicted molar refractivity (Wildman–Crippen MR) is 122 cm³/mol. The van der Waals surface area contributed by atoms with Crippen LogP contribution in [-0.2, 0) is 16.0 Å². The summed E-state index contributed by atoms with van der Waals surface area (Å²) in [6, 6.07) is 7.87. The summed E-state index contributed by atoms with van der Waals surface area (Å²) in [5, 5.41) is 3.30. The Labute approximate surface area is 212 Å². The van der Waals surface area contributed by atoms with E-state index in [9.17, 15) is 36.7 Å². The fourth-order valence-corrected chi connectivity index (χ4v) is 4.32. The quantitative estimate of drug-likeness (QED) is 0.523. The lowest BCUT2D eigenvalue weighted by atomic mass is 9.81. The first kappa shape index (κ1) is 26.6. The Morgan fingerprint density at radius 2 is 1.79 bits per heavy atom. The molecule has 38 heavy (non-hydrogen) atoms. The fourth-order valence-electron chi connectivity index (χ4n) is 4.32. The zero-order chi connectivity index (χ0) is 27.8. The van der Waals surface area contributed by atoms with Gasteiger partial charge in [0.2, 0.25) is 11.4 Å². The summed E-state index contributed by atoms with van der Waals surface area (Å²) >= 11 is 0. The number of fused-ring (bicyclic) bond motifs is 1. The molecular formula is C24H20F4N4O6. The van der Waals surface area contributed by atoms with Gasteiger partial charge in [-0.1, -0.05) is 18.2 Å². The van der Waals surface area contributed by atoms with Crippen LogP contribution in [0.1, 0.15) is 15.9 Å². The Morgan fingerprint density at radius 1 is 1.11 bits per heavy atom. The number of ether oxygens (including phenoxy) is 2. The third-order valence-corrected chi connectivity index (χ3v) is 6.21. The number of amides is 5. The van der Waals surface area contributed by atoms with Crippen LogP contribution >= 0.6 is 0 Å². The predicted octanol–water partition coefficient (Wildman–Crippen LogP) is 2.22. The van der Waals surface area contributed by atoms with E-state index in [4.69, 9.17) is 9.47 Å². The van der Waals surface area contributed by atoms with Crippen LogP contribution in [0.3, 0.4) is 0 Å². The van der Waals surface area contributed by atoms with Crippen LogP contribution in [0.25, 0.3) is 0 Å². The topological polar surface area (TPSA) is 126 Å². The summed E-state index contributed by atoms with van der Waals surface area (Å²) in [5.74, 6) is -8.58. The molecule has 0 bridgehead atoms. The molecule has 2 aromatic carbocycles. The molecule has 2 atom stereocenters. The van der Waals surface area contributed by atoms with Gasteiger partial charge in [0.05, 0.1) is 19.8 Å². The molecule has 1 saturated heterocycles. The first-order valence-corrected chi connectivity index (χ1v) is 11.0. The third-order valence-electron chi connectivity index (χ3n) is 6.21. The van der Waals surface area contributed by atoms with Gasteiger partial charge in [-0.25, -0.2) is 9.18 Å². The molecule has 2 aliphatic rings. The molecule has 0 aromatic heterocycles. The van der Waals surface area contributed by atoms with Crippen molar-refractivity contribution in [2.45, 2.75) is 18.1 Å². The highest BCUT2D eigenvalue weighted by molar-refractivity contribution is 6.27. The Kier molecular flexibility index (Phi) is 6.82. The van der Waals surface area contributed by atoms with Gasteiger partial charge in [-0.3, -0.25) is 24.6 Å². The van der Waals surface area contributed by atoms with Crippen molar-refractivity contribution in [3.8, 4) is 11.5 Å². The van der Waals surface area contributed by atoms with Gasteiger partial charge in [0.15, 0.2) is 11.5 Å². The van der Waals surface area contributed by atoms with E-state index in [1.54, 1.807) is 23.5 Å². The van der Waals surface area contributed by atoms with Crippen LogP contribution < -0.4 is 20.1 Å². The summed E-state index contributed by atoms with van der Waals surface area (Å²) in [4.78, 5) is 54.9. The van der Waals surface area contributed by atoms with Crippen molar-refractivity contribution in [3.63, 3.8) is 0 Å². The molecular weight excluding hydrogens is 516 g/mol. The zero-order valence-electron chi connectivity index (χ0n) is 19.9. The zero-order valence-corrected chi connectivity index (χ0v) is 19.9. The summed E-state index contributed by atoms with van der Waals surface area (Å²) < 4.78 is 68.0. The number of nitrogens with one attached hydrogen (secondary N) is 2. The van der Waals surface area contributed by atoms with Crippen molar-refractivity contribution in [3.05, 3.63) is 59.4 Å². The summed E-state index contributed by atoms with van der Waals surface area (Å²) in [6.45, 7) is -0.285. The van der Waals surface area contributed by atoms with Gasteiger partial charge in [-0.05, 0) is 36.2 Å². The van der Waals surface area contributed by atoms with Crippen LogP contribution in [-0.4, -0.2) is 67.0 Å². The first-order chi connectivity index (χ1) is 17.9. The minimum atomic E-state index is -5.55. The van der Waals surface area contributed by atoms with E-state index in [1.807, 2.05) is 0 Å². The number of alkyl halides is 3. The van der Waals surface area contributed by atoms with E-state index in [2.05, 4.69) is 4.99 Å². The number of nitrogens with zero attached hydrogens (tertiary/aromatic N) is 2. The Balaban J connectivity index is 1.68. The van der Waals surface area contributed by atoms with Crippen LogP contribution in [0, 0.1) is 11.7 Å². The lowest BCUT2D eigenvalue weighted by Gasteiger charge is -2.39. The number of carbonyl (C=O) groups is 4. The van der Waals surface area contributed by atoms with Crippen LogP contribution in [0.5, 0.6) is 11.5 Å². The minimum Gasteiger partial charge on any atom is -0.493 e. The molecule has 2 N–H and O–H groups in total. The lowest BCUT2D eigenvalue weighted by molar-refractivity contribution is -0.202. The monoisotopic (exact) mass is 536 g/mol. The molecule has 200 valence electrons. The normalized spacial score (nSPS) is 21.0. The van der Waals surface area contributed by atoms with E-state index in [0.29, 0.717) is 17.1 Å². The van der Waals surface area contributed by atoms with E-state index in [-0.39, 0.29) is 13.0 Å². The molecule has 0 saturated carbocycles. The number of methoxy groups -OCH3 is 2. The maximum Gasteiger partial charge on any atom is 0.422 e. The SMILES string of the molecule is COc1ccc(CCN2C(=O)NC(=O)C3C2=NC(=O)C3(NC(=O)c2ccccc2F)C(F)(F)F)cc1OC. The van der Waals surface area contributed by atoms with Gasteiger partial charge in [-0.15, -0.1) is 0 Å². The summed E-state index contributed by atoms with van der Waals surface area (Å²) in [5.41, 5.74) is -4.06. The first-order valence-electron chi connectivity index (χ1n) is 11.0. The highest BCUT2D eigenvalue weighted by Crippen LogP contribution is 2.44. The van der Waals surface area contributed by atoms with Crippen LogP contribution in [0.15, 0.2) is 47.5 Å². The fraction of sp³-hybridized carbons (Fsp3) is 0.292. The summed E-state index contributed by atoms with van der Waals surface area (Å²) in [7, 11) is 2.83. The van der Waals surface area contributed by atoms with Gasteiger partial charge in [-0.2, -0.15) is 18.2 Å². The maximum atomic E-state index is 14.5. The molecule has 14 heteroatoms. The van der Waals surface area contributed by atoms with Crippen molar-refractivity contribution < 1.29 is 46.2 Å². The number of rotatable bonds is 7. The average molecular weight is 536 g/mol. The molecule has 0 aliphatic carbocycles. The number of hydrogen-bond donors (Lipinski definition) is 2. The Morgan fingerprint density at radius 3 is 2.42 bits per heavy atom. The third kappa shape index (κ3) is 4.31. The highest BCUT2D eigenvalue weighted by Gasteiger charge is 2.73. The number of amidine groups is 1. The van der Waals surface area contributed by atoms with Gasteiger partial charge >= 0.3 is 12.2 Å². The Hall–Kier alpha value is -4.49. The van der Waals surface area contributed by atoms with Crippen molar-refractivity contribution in [1.82, 2.24) is 15.5 Å². The highest BCUT2D eigenvalue weighted by atomic mass is 19.4. The lowest BCUT2D eigenvalue weighted by Crippen LogP contribution is -2.72. The van der Waals surface area contributed by atoms with E-state index in [0.717, 1.165) is 17.0 Å². The minimum absolute atomic E-state index is 0.0580. The van der Waals surface area contributed by atoms with Gasteiger partial charge in [0.25, 0.3) is 11.8 Å². The molecule has 2 heterocycles. The molecule has 0 radical (unpaired) electrons. The molecule has 4 rings (SSSR count). The molecule has 2 aliphatic heterocycles. The number of halogens is 4. The van der Waals surface area contributed by atoms with Crippen molar-refractivity contribution in [1.29, 1.82) is 0 Å². The van der Waals surface area contributed by atoms with Gasteiger partial charge in [0.1, 0.15) is 17.6 Å². The Bertz CT molecular complexity index is 1360. The molecule has 5 amide bonds. The second-order valence-corrected chi connectivity index (χ2v) is 8.33. The van der Waals surface area contributed by atoms with E-state index >= 15 is 0 Å². The van der Waals surface area contributed by atoms with E-state index < -0.39 is 58.6 Å². The molecule has 2 unspecified atom stereocenters. The molecule has 1 fully saturated rings. The number of urea groups is 1. The van der Waals surface area contributed by atoms with Crippen molar-refractivity contribution >= 4 is 29.6 Å². The number of hydrogen-bond acceptors (Lipinski definition) is 6. The van der Waals surface area contributed by atoms with Gasteiger partial charge < -0.3 is 14.8 Å². The second kappa shape index (κ2) is 9.76. The van der Waals surface area contributed by atoms with Gasteiger partial charge in [0, 0.05) is 6.54 Å². The molecule has 2 aromatic rings. The largest absolute Gasteiger partial charge is 0.493 e.